The Labute approximate surface area is 152 Å². The monoisotopic (exact) mass is 342 g/mol. The number of ether oxygens (including phenoxy) is 1. The molecule has 26 heavy (non-hydrogen) atoms. The molecule has 0 saturated carbocycles. The zero-order valence-electron chi connectivity index (χ0n) is 14.7. The molecule has 3 heteroatoms. The first-order valence-electron chi connectivity index (χ1n) is 8.73. The first-order valence-corrected chi connectivity index (χ1v) is 8.73. The van der Waals surface area contributed by atoms with E-state index in [2.05, 4.69) is 31.2 Å². The molecule has 0 saturated heterocycles. The van der Waals surface area contributed by atoms with E-state index in [-0.39, 0.29) is 12.5 Å². The van der Waals surface area contributed by atoms with E-state index >= 15 is 0 Å². The molecule has 4 aromatic rings. The Bertz CT molecular complexity index is 1030. The van der Waals surface area contributed by atoms with Crippen molar-refractivity contribution in [3.05, 3.63) is 90.0 Å². The van der Waals surface area contributed by atoms with Crippen molar-refractivity contribution >= 4 is 27.8 Å². The summed E-state index contributed by atoms with van der Waals surface area (Å²) in [4.78, 5) is 12.5. The van der Waals surface area contributed by atoms with Crippen LogP contribution in [0.2, 0.25) is 0 Å². The number of esters is 1. The highest BCUT2D eigenvalue weighted by Crippen LogP contribution is 2.23. The number of hydrogen-bond acceptors (Lipinski definition) is 2. The summed E-state index contributed by atoms with van der Waals surface area (Å²) in [5, 5.41) is 2.31. The van der Waals surface area contributed by atoms with Gasteiger partial charge < -0.3 is 4.74 Å². The van der Waals surface area contributed by atoms with E-state index in [1.54, 1.807) is 0 Å². The zero-order valence-corrected chi connectivity index (χ0v) is 14.7. The van der Waals surface area contributed by atoms with Gasteiger partial charge in [0.15, 0.2) is 0 Å². The fourth-order valence-electron chi connectivity index (χ4n) is 3.41. The SMILES string of the molecule is Cc1c2ccccc2[n+](CC(=O)OCc2ccccc2)c2ccccc12. The van der Waals surface area contributed by atoms with E-state index in [9.17, 15) is 4.79 Å². The van der Waals surface area contributed by atoms with Gasteiger partial charge in [0, 0.05) is 22.9 Å². The van der Waals surface area contributed by atoms with Crippen molar-refractivity contribution in [3.8, 4) is 0 Å². The molecule has 0 spiro atoms. The van der Waals surface area contributed by atoms with Gasteiger partial charge in [-0.1, -0.05) is 54.6 Å². The van der Waals surface area contributed by atoms with Crippen molar-refractivity contribution in [1.82, 2.24) is 0 Å². The Morgan fingerprint density at radius 3 is 1.96 bits per heavy atom. The Morgan fingerprint density at radius 1 is 0.808 bits per heavy atom. The summed E-state index contributed by atoms with van der Waals surface area (Å²) in [6.45, 7) is 2.61. The van der Waals surface area contributed by atoms with E-state index in [4.69, 9.17) is 4.74 Å². The number of hydrogen-bond donors (Lipinski definition) is 0. The summed E-state index contributed by atoms with van der Waals surface area (Å²) in [7, 11) is 0. The van der Waals surface area contributed by atoms with E-state index in [1.807, 2.05) is 59.2 Å². The fraction of sp³-hybridized carbons (Fsp3) is 0.130. The van der Waals surface area contributed by atoms with Gasteiger partial charge in [-0.15, -0.1) is 0 Å². The minimum Gasteiger partial charge on any atom is -0.456 e. The van der Waals surface area contributed by atoms with E-state index in [0.717, 1.165) is 27.4 Å². The van der Waals surface area contributed by atoms with Gasteiger partial charge in [-0.2, -0.15) is 4.57 Å². The average molecular weight is 342 g/mol. The van der Waals surface area contributed by atoms with Crippen LogP contribution >= 0.6 is 0 Å². The van der Waals surface area contributed by atoms with Crippen LogP contribution in [0.1, 0.15) is 11.1 Å². The van der Waals surface area contributed by atoms with Crippen molar-refractivity contribution in [2.75, 3.05) is 0 Å². The van der Waals surface area contributed by atoms with Gasteiger partial charge in [0.2, 0.25) is 17.6 Å². The molecule has 0 unspecified atom stereocenters. The second-order valence-electron chi connectivity index (χ2n) is 6.39. The third kappa shape index (κ3) is 3.04. The third-order valence-electron chi connectivity index (χ3n) is 4.73. The van der Waals surface area contributed by atoms with Gasteiger partial charge in [-0.3, -0.25) is 0 Å². The molecule has 3 aromatic carbocycles. The second-order valence-corrected chi connectivity index (χ2v) is 6.39. The number of nitrogens with zero attached hydrogens (tertiary/aromatic N) is 1. The molecular weight excluding hydrogens is 322 g/mol. The third-order valence-corrected chi connectivity index (χ3v) is 4.73. The summed E-state index contributed by atoms with van der Waals surface area (Å²) in [6.07, 6.45) is 0. The number of para-hydroxylation sites is 2. The molecule has 0 radical (unpaired) electrons. The molecule has 1 aromatic heterocycles. The Hall–Kier alpha value is -3.20. The normalized spacial score (nSPS) is 11.0. The Morgan fingerprint density at radius 2 is 1.35 bits per heavy atom. The molecule has 3 nitrogen and oxygen atoms in total. The number of carbonyl (C=O) groups excluding carboxylic acids is 1. The number of carbonyl (C=O) groups is 1. The van der Waals surface area contributed by atoms with Crippen LogP contribution in [0.4, 0.5) is 0 Å². The molecule has 0 N–H and O–H groups in total. The molecule has 0 aliphatic carbocycles. The highest BCUT2D eigenvalue weighted by Gasteiger charge is 2.21. The van der Waals surface area contributed by atoms with Crippen molar-refractivity contribution < 1.29 is 14.1 Å². The predicted octanol–water partition coefficient (Wildman–Crippen LogP) is 4.33. The van der Waals surface area contributed by atoms with Crippen molar-refractivity contribution in [2.45, 2.75) is 20.1 Å². The van der Waals surface area contributed by atoms with Crippen LogP contribution in [0.25, 0.3) is 21.8 Å². The number of rotatable bonds is 4. The van der Waals surface area contributed by atoms with Crippen LogP contribution in [0, 0.1) is 6.92 Å². The van der Waals surface area contributed by atoms with Gasteiger partial charge in [-0.25, -0.2) is 4.79 Å². The summed E-state index contributed by atoms with van der Waals surface area (Å²) in [5.41, 5.74) is 4.30. The number of pyridine rings is 1. The minimum atomic E-state index is -0.238. The van der Waals surface area contributed by atoms with Crippen molar-refractivity contribution in [1.29, 1.82) is 0 Å². The quantitative estimate of drug-likeness (QED) is 0.314. The minimum absolute atomic E-state index is 0.189. The highest BCUT2D eigenvalue weighted by atomic mass is 16.5. The zero-order chi connectivity index (χ0) is 17.9. The van der Waals surface area contributed by atoms with E-state index in [1.165, 1.54) is 5.56 Å². The molecule has 4 rings (SSSR count). The lowest BCUT2D eigenvalue weighted by molar-refractivity contribution is -0.633. The number of aryl methyl sites for hydroxylation is 1. The van der Waals surface area contributed by atoms with Crippen LogP contribution < -0.4 is 4.57 Å². The lowest BCUT2D eigenvalue weighted by atomic mass is 10.0. The summed E-state index contributed by atoms with van der Waals surface area (Å²) >= 11 is 0. The molecule has 0 amide bonds. The molecule has 0 aliphatic heterocycles. The van der Waals surface area contributed by atoms with Crippen LogP contribution in [0.3, 0.4) is 0 Å². The van der Waals surface area contributed by atoms with Crippen molar-refractivity contribution in [2.24, 2.45) is 0 Å². The van der Waals surface area contributed by atoms with Crippen molar-refractivity contribution in [3.63, 3.8) is 0 Å². The lowest BCUT2D eigenvalue weighted by Gasteiger charge is -2.09. The molecule has 0 fully saturated rings. The standard InChI is InChI=1S/C23H20NO2/c1-17-19-11-5-7-13-21(19)24(22-14-8-6-12-20(17)22)15-23(25)26-16-18-9-3-2-4-10-18/h2-14H,15-16H2,1H3/q+1. The predicted molar refractivity (Wildman–Crippen MR) is 103 cm³/mol. The first kappa shape index (κ1) is 16.3. The molecule has 0 aliphatic rings. The maximum Gasteiger partial charge on any atom is 0.373 e. The van der Waals surface area contributed by atoms with Crippen LogP contribution in [-0.2, 0) is 22.7 Å². The smallest absolute Gasteiger partial charge is 0.373 e. The van der Waals surface area contributed by atoms with Gasteiger partial charge in [0.1, 0.15) is 6.61 Å². The molecule has 0 atom stereocenters. The highest BCUT2D eigenvalue weighted by molar-refractivity contribution is 5.93. The molecule has 0 bridgehead atoms. The number of benzene rings is 3. The fourth-order valence-corrected chi connectivity index (χ4v) is 3.41. The van der Waals surface area contributed by atoms with Crippen LogP contribution in [0.5, 0.6) is 0 Å². The topological polar surface area (TPSA) is 30.2 Å². The summed E-state index contributed by atoms with van der Waals surface area (Å²) in [6, 6.07) is 26.1. The van der Waals surface area contributed by atoms with Gasteiger partial charge in [0.05, 0.1) is 0 Å². The second kappa shape index (κ2) is 6.96. The Balaban J connectivity index is 1.70. The van der Waals surface area contributed by atoms with E-state index in [0.29, 0.717) is 6.61 Å². The summed E-state index contributed by atoms with van der Waals surface area (Å²) < 4.78 is 7.55. The average Bonchev–Trinajstić information content (AvgIpc) is 2.70. The molecule has 1 heterocycles. The van der Waals surface area contributed by atoms with Crippen LogP contribution in [-0.4, -0.2) is 5.97 Å². The maximum atomic E-state index is 12.5. The maximum absolute atomic E-state index is 12.5. The first-order chi connectivity index (χ1) is 12.7. The summed E-state index contributed by atoms with van der Waals surface area (Å²) in [5.74, 6) is -0.238. The Kier molecular flexibility index (Phi) is 4.36. The van der Waals surface area contributed by atoms with Gasteiger partial charge in [-0.05, 0) is 30.2 Å². The van der Waals surface area contributed by atoms with Crippen LogP contribution in [0.15, 0.2) is 78.9 Å². The molecule has 128 valence electrons. The van der Waals surface area contributed by atoms with Gasteiger partial charge in [0.25, 0.3) is 0 Å². The largest absolute Gasteiger partial charge is 0.456 e. The number of fused-ring (bicyclic) bond motifs is 2. The van der Waals surface area contributed by atoms with Gasteiger partial charge >= 0.3 is 5.97 Å². The van der Waals surface area contributed by atoms with E-state index < -0.39 is 0 Å². The molecular formula is C23H20NO2+. The lowest BCUT2D eigenvalue weighted by Crippen LogP contribution is -2.40. The number of aromatic nitrogens is 1.